The van der Waals surface area contributed by atoms with Crippen molar-refractivity contribution < 1.29 is 4.79 Å². The standard InChI is InChI=1S/C18H13Cl2N5O2/c19-7-16(26)18-13-6-12(13)15-3-9(4-17(27)25(15)18)11-5-10(20)1-2-14(11)24-8-21-22-23-24/h1-5,8,12-13,18H,6-7H2/t12-,13?,18+/m1/s1. The summed E-state index contributed by atoms with van der Waals surface area (Å²) < 4.78 is 3.13. The molecule has 1 saturated carbocycles. The fraction of sp³-hybridized carbons (Fsp3) is 0.278. The van der Waals surface area contributed by atoms with Gasteiger partial charge < -0.3 is 4.57 Å². The maximum Gasteiger partial charge on any atom is 0.252 e. The van der Waals surface area contributed by atoms with Gasteiger partial charge >= 0.3 is 0 Å². The average Bonchev–Trinajstić information content (AvgIpc) is 3.11. The third kappa shape index (κ3) is 2.53. The molecule has 0 N–H and O–H groups in total. The molecule has 2 aliphatic rings. The lowest BCUT2D eigenvalue weighted by Gasteiger charge is -2.17. The Balaban J connectivity index is 1.69. The molecule has 9 heteroatoms. The predicted octanol–water partition coefficient (Wildman–Crippen LogP) is 2.61. The summed E-state index contributed by atoms with van der Waals surface area (Å²) in [6.07, 6.45) is 2.39. The molecule has 2 aromatic heterocycles. The molecular formula is C18H13Cl2N5O2. The molecule has 1 unspecified atom stereocenters. The Hall–Kier alpha value is -2.51. The fourth-order valence-electron chi connectivity index (χ4n) is 4.11. The topological polar surface area (TPSA) is 82.7 Å². The maximum atomic E-state index is 12.9. The number of rotatable bonds is 4. The van der Waals surface area contributed by atoms with Gasteiger partial charge in [0.2, 0.25) is 0 Å². The highest BCUT2D eigenvalue weighted by Crippen LogP contribution is 2.59. The maximum absolute atomic E-state index is 12.9. The monoisotopic (exact) mass is 401 g/mol. The molecule has 0 spiro atoms. The second kappa shape index (κ2) is 6.00. The number of pyridine rings is 1. The Labute approximate surface area is 163 Å². The van der Waals surface area contributed by atoms with E-state index in [-0.39, 0.29) is 29.1 Å². The molecule has 136 valence electrons. The minimum Gasteiger partial charge on any atom is -0.301 e. The van der Waals surface area contributed by atoms with E-state index in [1.165, 1.54) is 17.1 Å². The highest BCUT2D eigenvalue weighted by Gasteiger charge is 2.55. The highest BCUT2D eigenvalue weighted by atomic mass is 35.5. The van der Waals surface area contributed by atoms with Crippen molar-refractivity contribution >= 4 is 29.0 Å². The summed E-state index contributed by atoms with van der Waals surface area (Å²) in [6, 6.07) is 8.38. The van der Waals surface area contributed by atoms with Gasteiger partial charge in [0.25, 0.3) is 5.56 Å². The Bertz CT molecular complexity index is 1130. The first-order valence-electron chi connectivity index (χ1n) is 8.47. The lowest BCUT2D eigenvalue weighted by molar-refractivity contribution is -0.120. The van der Waals surface area contributed by atoms with Gasteiger partial charge in [-0.3, -0.25) is 9.59 Å². The van der Waals surface area contributed by atoms with Gasteiger partial charge in [0.05, 0.1) is 17.6 Å². The van der Waals surface area contributed by atoms with Gasteiger partial charge in [-0.05, 0) is 52.6 Å². The summed E-state index contributed by atoms with van der Waals surface area (Å²) >= 11 is 12.0. The minimum atomic E-state index is -0.442. The van der Waals surface area contributed by atoms with Crippen LogP contribution in [0.25, 0.3) is 16.8 Å². The summed E-state index contributed by atoms with van der Waals surface area (Å²) in [5.74, 6) is 0.220. The molecule has 3 atom stereocenters. The zero-order valence-corrected chi connectivity index (χ0v) is 15.4. The number of ketones is 1. The molecule has 0 bridgehead atoms. The van der Waals surface area contributed by atoms with Gasteiger partial charge in [0.15, 0.2) is 5.78 Å². The Kier molecular flexibility index (Phi) is 3.70. The van der Waals surface area contributed by atoms with Crippen LogP contribution < -0.4 is 5.56 Å². The summed E-state index contributed by atoms with van der Waals surface area (Å²) in [4.78, 5) is 25.1. The number of carbonyl (C=O) groups excluding carboxylic acids is 1. The first-order chi connectivity index (χ1) is 13.1. The number of tetrazole rings is 1. The molecule has 0 radical (unpaired) electrons. The highest BCUT2D eigenvalue weighted by molar-refractivity contribution is 6.31. The number of hydrogen-bond acceptors (Lipinski definition) is 5. The molecule has 1 aliphatic heterocycles. The molecule has 1 aromatic carbocycles. The van der Waals surface area contributed by atoms with Crippen LogP contribution in [0.1, 0.15) is 24.1 Å². The van der Waals surface area contributed by atoms with Gasteiger partial charge in [-0.2, -0.15) is 4.68 Å². The van der Waals surface area contributed by atoms with E-state index < -0.39 is 6.04 Å². The number of carbonyl (C=O) groups is 1. The van der Waals surface area contributed by atoms with Crippen LogP contribution in [-0.4, -0.2) is 36.4 Å². The molecule has 0 saturated heterocycles. The molecule has 7 nitrogen and oxygen atoms in total. The van der Waals surface area contributed by atoms with Crippen molar-refractivity contribution in [3.8, 4) is 16.8 Å². The lowest BCUT2D eigenvalue weighted by atomic mass is 10.0. The van der Waals surface area contributed by atoms with Gasteiger partial charge in [-0.15, -0.1) is 16.7 Å². The number of benzene rings is 1. The van der Waals surface area contributed by atoms with Crippen LogP contribution >= 0.6 is 23.2 Å². The SMILES string of the molecule is O=C(CCl)[C@@H]1C2C[C@H]2c2cc(-c3cc(Cl)ccc3-n3cnnn3)cc(=O)n21. The van der Waals surface area contributed by atoms with Crippen LogP contribution in [0.5, 0.6) is 0 Å². The lowest BCUT2D eigenvalue weighted by Crippen LogP contribution is -2.30. The summed E-state index contributed by atoms with van der Waals surface area (Å²) in [5, 5.41) is 11.8. The Morgan fingerprint density at radius 2 is 2.11 bits per heavy atom. The van der Waals surface area contributed by atoms with E-state index in [9.17, 15) is 9.59 Å². The van der Waals surface area contributed by atoms with E-state index in [2.05, 4.69) is 15.5 Å². The van der Waals surface area contributed by atoms with Crippen molar-refractivity contribution in [1.29, 1.82) is 0 Å². The van der Waals surface area contributed by atoms with Crippen molar-refractivity contribution in [2.75, 3.05) is 5.88 Å². The second-order valence-corrected chi connectivity index (χ2v) is 7.55. The van der Waals surface area contributed by atoms with Crippen LogP contribution in [0.3, 0.4) is 0 Å². The molecule has 0 amide bonds. The van der Waals surface area contributed by atoms with Crippen molar-refractivity contribution in [2.45, 2.75) is 18.4 Å². The molecular weight excluding hydrogens is 389 g/mol. The van der Waals surface area contributed by atoms with Crippen LogP contribution in [-0.2, 0) is 4.79 Å². The average molecular weight is 402 g/mol. The quantitative estimate of drug-likeness (QED) is 0.627. The third-order valence-corrected chi connectivity index (χ3v) is 5.83. The smallest absolute Gasteiger partial charge is 0.252 e. The second-order valence-electron chi connectivity index (χ2n) is 6.84. The van der Waals surface area contributed by atoms with Gasteiger partial charge in [0.1, 0.15) is 6.33 Å². The largest absolute Gasteiger partial charge is 0.301 e. The molecule has 5 rings (SSSR count). The summed E-state index contributed by atoms with van der Waals surface area (Å²) in [6.45, 7) is 0. The van der Waals surface area contributed by atoms with Crippen LogP contribution in [0.2, 0.25) is 5.02 Å². The van der Waals surface area contributed by atoms with Crippen molar-refractivity contribution in [1.82, 2.24) is 24.8 Å². The van der Waals surface area contributed by atoms with Crippen molar-refractivity contribution in [3.63, 3.8) is 0 Å². The Morgan fingerprint density at radius 3 is 2.85 bits per heavy atom. The fourth-order valence-corrected chi connectivity index (χ4v) is 4.44. The number of fused-ring (bicyclic) bond motifs is 3. The number of Topliss-reactive ketones (excluding diaryl/α,β-unsaturated/α-hetero) is 1. The molecule has 3 aromatic rings. The van der Waals surface area contributed by atoms with Crippen LogP contribution in [0.15, 0.2) is 41.5 Å². The number of alkyl halides is 1. The van der Waals surface area contributed by atoms with Gasteiger partial charge in [0, 0.05) is 28.3 Å². The van der Waals surface area contributed by atoms with E-state index in [0.717, 1.165) is 23.2 Å². The summed E-state index contributed by atoms with van der Waals surface area (Å²) in [5.41, 5.74) is 2.87. The van der Waals surface area contributed by atoms with E-state index in [1.807, 2.05) is 6.07 Å². The first kappa shape index (κ1) is 16.6. The zero-order valence-electron chi connectivity index (χ0n) is 13.9. The van der Waals surface area contributed by atoms with E-state index in [1.54, 1.807) is 22.8 Å². The van der Waals surface area contributed by atoms with Crippen molar-refractivity contribution in [3.05, 3.63) is 57.7 Å². The van der Waals surface area contributed by atoms with Gasteiger partial charge in [-0.1, -0.05) is 11.6 Å². The van der Waals surface area contributed by atoms with E-state index in [0.29, 0.717) is 10.7 Å². The normalized spacial score (nSPS) is 22.4. The minimum absolute atomic E-state index is 0.0841. The summed E-state index contributed by atoms with van der Waals surface area (Å²) in [7, 11) is 0. The zero-order chi connectivity index (χ0) is 18.7. The molecule has 1 fully saturated rings. The molecule has 3 heterocycles. The molecule has 1 aliphatic carbocycles. The number of nitrogens with zero attached hydrogens (tertiary/aromatic N) is 5. The number of halogens is 2. The van der Waals surface area contributed by atoms with E-state index >= 15 is 0 Å². The third-order valence-electron chi connectivity index (χ3n) is 5.33. The van der Waals surface area contributed by atoms with Crippen molar-refractivity contribution in [2.24, 2.45) is 5.92 Å². The first-order valence-corrected chi connectivity index (χ1v) is 9.38. The van der Waals surface area contributed by atoms with Crippen LogP contribution in [0.4, 0.5) is 0 Å². The van der Waals surface area contributed by atoms with E-state index in [4.69, 9.17) is 23.2 Å². The molecule has 27 heavy (non-hydrogen) atoms. The Morgan fingerprint density at radius 1 is 1.26 bits per heavy atom. The van der Waals surface area contributed by atoms with Crippen LogP contribution in [0, 0.1) is 5.92 Å². The van der Waals surface area contributed by atoms with Gasteiger partial charge in [-0.25, -0.2) is 0 Å². The number of hydrogen-bond donors (Lipinski definition) is 0. The number of aromatic nitrogens is 5. The predicted molar refractivity (Wildman–Crippen MR) is 99.5 cm³/mol.